The molecule has 12 unspecified atom stereocenters. The Morgan fingerprint density at radius 3 is 1.56 bits per heavy atom. The van der Waals surface area contributed by atoms with E-state index in [1.807, 2.05) is 6.08 Å². The molecule has 0 aromatic heterocycles. The zero-order valence-electron chi connectivity index (χ0n) is 39.1. The van der Waals surface area contributed by atoms with Crippen molar-refractivity contribution < 1.29 is 64.6 Å². The van der Waals surface area contributed by atoms with Crippen LogP contribution < -0.4 is 5.32 Å². The van der Waals surface area contributed by atoms with Crippen LogP contribution in [-0.2, 0) is 23.7 Å². The van der Waals surface area contributed by atoms with E-state index in [4.69, 9.17) is 18.9 Å². The summed E-state index contributed by atoms with van der Waals surface area (Å²) in [6.07, 6.45) is 22.2. The molecular weight excluding hydrogens is 811 g/mol. The van der Waals surface area contributed by atoms with Gasteiger partial charge in [-0.05, 0) is 32.1 Å². The molecule has 2 aliphatic heterocycles. The van der Waals surface area contributed by atoms with Gasteiger partial charge in [0.05, 0.1) is 32.0 Å². The van der Waals surface area contributed by atoms with Crippen LogP contribution in [0.25, 0.3) is 0 Å². The maximum absolute atomic E-state index is 13.1. The molecular formula is C49H91NO13. The molecule has 0 saturated carbocycles. The maximum atomic E-state index is 13.1. The molecule has 0 aliphatic carbocycles. The summed E-state index contributed by atoms with van der Waals surface area (Å²) < 4.78 is 22.6. The van der Waals surface area contributed by atoms with E-state index in [2.05, 4.69) is 31.3 Å². The van der Waals surface area contributed by atoms with E-state index in [9.17, 15) is 45.6 Å². The number of aliphatic hydroxyl groups excluding tert-OH is 8. The number of amides is 1. The Bertz CT molecular complexity index is 1160. The highest BCUT2D eigenvalue weighted by atomic mass is 16.7. The van der Waals surface area contributed by atoms with E-state index in [1.54, 1.807) is 6.08 Å². The van der Waals surface area contributed by atoms with Crippen LogP contribution in [0.2, 0.25) is 0 Å². The Hall–Kier alpha value is -1.53. The zero-order valence-corrected chi connectivity index (χ0v) is 39.1. The fourth-order valence-electron chi connectivity index (χ4n) is 8.25. The van der Waals surface area contributed by atoms with E-state index in [0.717, 1.165) is 32.1 Å². The Labute approximate surface area is 379 Å². The van der Waals surface area contributed by atoms with Gasteiger partial charge in [0.2, 0.25) is 5.91 Å². The maximum Gasteiger partial charge on any atom is 0.220 e. The predicted octanol–water partition coefficient (Wildman–Crippen LogP) is 6.16. The number of unbranched alkanes of at least 4 members (excludes halogenated alkanes) is 23. The van der Waals surface area contributed by atoms with E-state index >= 15 is 0 Å². The third-order valence-corrected chi connectivity index (χ3v) is 12.4. The molecule has 2 rings (SSSR count). The van der Waals surface area contributed by atoms with Gasteiger partial charge in [-0.3, -0.25) is 4.79 Å². The van der Waals surface area contributed by atoms with Crippen molar-refractivity contribution in [1.29, 1.82) is 0 Å². The molecule has 0 aromatic carbocycles. The second kappa shape index (κ2) is 36.6. The van der Waals surface area contributed by atoms with Gasteiger partial charge in [0.1, 0.15) is 48.8 Å². The van der Waals surface area contributed by atoms with E-state index < -0.39 is 86.8 Å². The summed E-state index contributed by atoms with van der Waals surface area (Å²) in [7, 11) is 0. The molecule has 2 fully saturated rings. The minimum Gasteiger partial charge on any atom is -0.394 e. The summed E-state index contributed by atoms with van der Waals surface area (Å²) in [6, 6.07) is -0.925. The molecule has 9 N–H and O–H groups in total. The monoisotopic (exact) mass is 902 g/mol. The summed E-state index contributed by atoms with van der Waals surface area (Å²) >= 11 is 0. The van der Waals surface area contributed by atoms with Crippen LogP contribution in [0.4, 0.5) is 0 Å². The third-order valence-electron chi connectivity index (χ3n) is 12.4. The van der Waals surface area contributed by atoms with Gasteiger partial charge in [-0.2, -0.15) is 0 Å². The lowest BCUT2D eigenvalue weighted by Crippen LogP contribution is -2.65. The first-order valence-electron chi connectivity index (χ1n) is 25.1. The van der Waals surface area contributed by atoms with Gasteiger partial charge in [-0.1, -0.05) is 173 Å². The quantitative estimate of drug-likeness (QED) is 0.0250. The third kappa shape index (κ3) is 24.2. The van der Waals surface area contributed by atoms with Crippen molar-refractivity contribution in [2.45, 2.75) is 261 Å². The summed E-state index contributed by atoms with van der Waals surface area (Å²) in [5.41, 5.74) is 0. The minimum atomic E-state index is -1.79. The largest absolute Gasteiger partial charge is 0.394 e. The van der Waals surface area contributed by atoms with Crippen LogP contribution in [0.15, 0.2) is 24.3 Å². The van der Waals surface area contributed by atoms with E-state index in [0.29, 0.717) is 12.8 Å². The fourth-order valence-corrected chi connectivity index (χ4v) is 8.25. The van der Waals surface area contributed by atoms with Crippen LogP contribution in [0.5, 0.6) is 0 Å². The zero-order chi connectivity index (χ0) is 46.1. The number of carbonyl (C=O) groups is 1. The summed E-state index contributed by atoms with van der Waals surface area (Å²) in [4.78, 5) is 13.1. The number of hydrogen-bond acceptors (Lipinski definition) is 13. The predicted molar refractivity (Wildman–Crippen MR) is 245 cm³/mol. The Kier molecular flexibility index (Phi) is 33.4. The lowest BCUT2D eigenvalue weighted by molar-refractivity contribution is -0.359. The molecule has 1 amide bonds. The molecule has 0 radical (unpaired) electrons. The minimum absolute atomic E-state index is 0.250. The van der Waals surface area contributed by atoms with Crippen LogP contribution in [0.1, 0.15) is 187 Å². The molecule has 2 aliphatic rings. The van der Waals surface area contributed by atoms with Gasteiger partial charge < -0.3 is 65.1 Å². The number of aliphatic hydroxyl groups is 8. The number of ether oxygens (including phenoxy) is 4. The van der Waals surface area contributed by atoms with Gasteiger partial charge >= 0.3 is 0 Å². The second-order valence-corrected chi connectivity index (χ2v) is 17.9. The molecule has 370 valence electrons. The van der Waals surface area contributed by atoms with Crippen LogP contribution in [-0.4, -0.2) is 140 Å². The molecule has 0 bridgehead atoms. The number of allylic oxidation sites excluding steroid dienone is 3. The number of rotatable bonds is 38. The van der Waals surface area contributed by atoms with E-state index in [1.165, 1.54) is 122 Å². The van der Waals surface area contributed by atoms with Gasteiger partial charge in [-0.25, -0.2) is 0 Å². The van der Waals surface area contributed by atoms with Crippen molar-refractivity contribution in [1.82, 2.24) is 5.32 Å². The highest BCUT2D eigenvalue weighted by molar-refractivity contribution is 5.76. The molecule has 2 heterocycles. The van der Waals surface area contributed by atoms with Gasteiger partial charge in [-0.15, -0.1) is 0 Å². The topological polar surface area (TPSA) is 228 Å². The van der Waals surface area contributed by atoms with Crippen LogP contribution in [0.3, 0.4) is 0 Å². The van der Waals surface area contributed by atoms with Crippen LogP contribution in [0, 0.1) is 0 Å². The number of nitrogens with one attached hydrogen (secondary N) is 1. The lowest BCUT2D eigenvalue weighted by Gasteiger charge is -2.46. The average molecular weight is 902 g/mol. The highest BCUT2D eigenvalue weighted by Gasteiger charge is 2.51. The van der Waals surface area contributed by atoms with Crippen LogP contribution >= 0.6 is 0 Å². The first-order valence-corrected chi connectivity index (χ1v) is 25.1. The van der Waals surface area contributed by atoms with E-state index in [-0.39, 0.29) is 18.9 Å². The molecule has 0 spiro atoms. The SMILES string of the molecule is CCCCCCCCCCCCC/C=C/CC/C=C/C(O)C(COC1OC(CO)C(OC2OC(CO)C(O)C(O)C2O)C(O)C1O)NC(=O)CCCCCCCCCCCCCC. The van der Waals surface area contributed by atoms with Crippen molar-refractivity contribution in [2.24, 2.45) is 0 Å². The average Bonchev–Trinajstić information content (AvgIpc) is 3.28. The molecule has 14 heteroatoms. The lowest BCUT2D eigenvalue weighted by atomic mass is 9.97. The normalized spacial score (nSPS) is 27.7. The van der Waals surface area contributed by atoms with Gasteiger partial charge in [0.25, 0.3) is 0 Å². The number of carbonyl (C=O) groups excluding carboxylic acids is 1. The van der Waals surface area contributed by atoms with Crippen molar-refractivity contribution in [2.75, 3.05) is 19.8 Å². The summed E-state index contributed by atoms with van der Waals surface area (Å²) in [6.45, 7) is 2.75. The molecule has 2 saturated heterocycles. The first kappa shape index (κ1) is 57.6. The van der Waals surface area contributed by atoms with Crippen molar-refractivity contribution in [3.8, 4) is 0 Å². The Balaban J connectivity index is 1.88. The molecule has 63 heavy (non-hydrogen) atoms. The van der Waals surface area contributed by atoms with Crippen molar-refractivity contribution in [3.63, 3.8) is 0 Å². The highest BCUT2D eigenvalue weighted by Crippen LogP contribution is 2.30. The molecule has 0 aromatic rings. The summed E-state index contributed by atoms with van der Waals surface area (Å²) in [5, 5.41) is 86.6. The number of hydrogen-bond donors (Lipinski definition) is 9. The fraction of sp³-hybridized carbons (Fsp3) is 0.898. The van der Waals surface area contributed by atoms with Gasteiger partial charge in [0.15, 0.2) is 12.6 Å². The Morgan fingerprint density at radius 2 is 1.02 bits per heavy atom. The second-order valence-electron chi connectivity index (χ2n) is 17.9. The van der Waals surface area contributed by atoms with Gasteiger partial charge in [0, 0.05) is 6.42 Å². The van der Waals surface area contributed by atoms with Crippen molar-refractivity contribution >= 4 is 5.91 Å². The summed E-state index contributed by atoms with van der Waals surface area (Å²) in [5.74, 6) is -0.250. The first-order chi connectivity index (χ1) is 30.6. The molecule has 14 nitrogen and oxygen atoms in total. The Morgan fingerprint density at radius 1 is 0.556 bits per heavy atom. The smallest absolute Gasteiger partial charge is 0.220 e. The standard InChI is InChI=1S/C49H91NO13/c1-3-5-7-9-11-13-15-17-18-19-20-21-22-24-26-28-30-32-38(53)37(50-41(54)33-31-29-27-25-23-16-14-12-10-8-6-4-2)36-60-48-46(59)44(57)47(40(35-52)62-48)63-49-45(58)43(56)42(55)39(34-51)61-49/h22,24,30,32,37-40,42-49,51-53,55-59H,3-21,23,25-29,31,33-36H2,1-2H3,(H,50,54)/b24-22+,32-30+. The van der Waals surface area contributed by atoms with Crippen molar-refractivity contribution in [3.05, 3.63) is 24.3 Å². The molecule has 12 atom stereocenters.